The number of fused-ring (bicyclic) bond motifs is 1. The third kappa shape index (κ3) is 3.48. The lowest BCUT2D eigenvalue weighted by molar-refractivity contribution is -0.122. The van der Waals surface area contributed by atoms with Gasteiger partial charge in [0.1, 0.15) is 0 Å². The maximum Gasteiger partial charge on any atom is 0.237 e. The molecule has 1 atom stereocenters. The van der Waals surface area contributed by atoms with E-state index in [4.69, 9.17) is 4.74 Å². The van der Waals surface area contributed by atoms with Crippen LogP contribution in [0, 0.1) is 0 Å². The highest BCUT2D eigenvalue weighted by atomic mass is 35.5. The number of nitrogens with zero attached hydrogens (tertiary/aromatic N) is 1. The fourth-order valence-electron chi connectivity index (χ4n) is 2.69. The third-order valence-electron chi connectivity index (χ3n) is 3.82. The van der Waals surface area contributed by atoms with Crippen LogP contribution >= 0.6 is 12.4 Å². The molecule has 1 aliphatic heterocycles. The van der Waals surface area contributed by atoms with E-state index in [0.29, 0.717) is 12.4 Å². The fourth-order valence-corrected chi connectivity index (χ4v) is 2.69. The summed E-state index contributed by atoms with van der Waals surface area (Å²) in [6.07, 6.45) is 1.97. The number of para-hydroxylation sites is 1. The minimum atomic E-state index is -0.0556. The van der Waals surface area contributed by atoms with E-state index >= 15 is 0 Å². The molecule has 0 aliphatic carbocycles. The van der Waals surface area contributed by atoms with Crippen molar-refractivity contribution >= 4 is 29.2 Å². The third-order valence-corrected chi connectivity index (χ3v) is 3.82. The molecule has 2 N–H and O–H groups in total. The van der Waals surface area contributed by atoms with Crippen LogP contribution < -0.4 is 15.4 Å². The van der Waals surface area contributed by atoms with Crippen molar-refractivity contribution in [1.82, 2.24) is 15.6 Å². The molecule has 22 heavy (non-hydrogen) atoms. The smallest absolute Gasteiger partial charge is 0.237 e. The minimum Gasteiger partial charge on any atom is -0.481 e. The first kappa shape index (κ1) is 16.5. The quantitative estimate of drug-likeness (QED) is 0.904. The molecule has 0 spiro atoms. The second kappa shape index (κ2) is 7.42. The van der Waals surface area contributed by atoms with E-state index in [0.717, 1.165) is 35.9 Å². The molecule has 1 fully saturated rings. The molecule has 1 amide bonds. The molecule has 0 saturated carbocycles. The molecule has 6 heteroatoms. The van der Waals surface area contributed by atoms with Crippen LogP contribution in [-0.2, 0) is 11.3 Å². The molecular formula is C16H20ClN3O2. The maximum atomic E-state index is 12.1. The van der Waals surface area contributed by atoms with Gasteiger partial charge in [0.05, 0.1) is 18.7 Å². The van der Waals surface area contributed by atoms with Gasteiger partial charge in [0, 0.05) is 18.0 Å². The van der Waals surface area contributed by atoms with Gasteiger partial charge in [-0.05, 0) is 31.0 Å². The van der Waals surface area contributed by atoms with Gasteiger partial charge in [-0.2, -0.15) is 0 Å². The number of aromatic nitrogens is 1. The molecule has 118 valence electrons. The summed E-state index contributed by atoms with van der Waals surface area (Å²) in [7, 11) is 1.60. The monoisotopic (exact) mass is 321 g/mol. The van der Waals surface area contributed by atoms with Crippen LogP contribution in [0.25, 0.3) is 10.9 Å². The van der Waals surface area contributed by atoms with E-state index in [1.165, 1.54) is 0 Å². The van der Waals surface area contributed by atoms with E-state index in [9.17, 15) is 4.79 Å². The molecule has 1 saturated heterocycles. The number of carbonyl (C=O) groups excluding carboxylic acids is 1. The highest BCUT2D eigenvalue weighted by molar-refractivity contribution is 5.85. The maximum absolute atomic E-state index is 12.1. The molecule has 1 aromatic heterocycles. The molecule has 1 aliphatic rings. The normalized spacial score (nSPS) is 17.0. The van der Waals surface area contributed by atoms with Crippen molar-refractivity contribution in [3.05, 3.63) is 35.9 Å². The van der Waals surface area contributed by atoms with Gasteiger partial charge in [0.2, 0.25) is 11.8 Å². The second-order valence-corrected chi connectivity index (χ2v) is 5.21. The lowest BCUT2D eigenvalue weighted by Gasteiger charge is -2.13. The fraction of sp³-hybridized carbons (Fsp3) is 0.375. The van der Waals surface area contributed by atoms with Gasteiger partial charge in [-0.3, -0.25) is 4.79 Å². The molecule has 2 aromatic rings. The first-order valence-electron chi connectivity index (χ1n) is 7.21. The zero-order valence-electron chi connectivity index (χ0n) is 12.5. The Bertz CT molecular complexity index is 657. The van der Waals surface area contributed by atoms with Crippen molar-refractivity contribution in [3.63, 3.8) is 0 Å². The van der Waals surface area contributed by atoms with Crippen molar-refractivity contribution in [1.29, 1.82) is 0 Å². The lowest BCUT2D eigenvalue weighted by Crippen LogP contribution is -2.40. The average molecular weight is 322 g/mol. The number of amides is 1. The summed E-state index contributed by atoms with van der Waals surface area (Å²) in [5, 5.41) is 7.24. The van der Waals surface area contributed by atoms with Crippen LogP contribution in [0.3, 0.4) is 0 Å². The Kier molecular flexibility index (Phi) is 5.57. The largest absolute Gasteiger partial charge is 0.481 e. The topological polar surface area (TPSA) is 63.2 Å². The van der Waals surface area contributed by atoms with Gasteiger partial charge in [0.25, 0.3) is 0 Å². The summed E-state index contributed by atoms with van der Waals surface area (Å²) in [6, 6.07) is 9.70. The lowest BCUT2D eigenvalue weighted by atomic mass is 10.1. The molecule has 0 bridgehead atoms. The Morgan fingerprint density at radius 1 is 1.45 bits per heavy atom. The van der Waals surface area contributed by atoms with E-state index in [1.54, 1.807) is 7.11 Å². The predicted octanol–water partition coefficient (Wildman–Crippen LogP) is 2.03. The number of rotatable bonds is 4. The van der Waals surface area contributed by atoms with Gasteiger partial charge >= 0.3 is 0 Å². The standard InChI is InChI=1S/C16H19N3O2.ClH/c1-21-15-9-11(12-5-2-3-6-13(12)19-15)10-18-16(20)14-7-4-8-17-14;/h2-3,5-6,9,14,17H,4,7-8,10H2,1H3,(H,18,20);1H. The molecule has 1 aromatic carbocycles. The van der Waals surface area contributed by atoms with Crippen molar-refractivity contribution < 1.29 is 9.53 Å². The number of hydrogen-bond acceptors (Lipinski definition) is 4. The first-order valence-corrected chi connectivity index (χ1v) is 7.21. The summed E-state index contributed by atoms with van der Waals surface area (Å²) in [5.41, 5.74) is 1.89. The second-order valence-electron chi connectivity index (χ2n) is 5.21. The zero-order chi connectivity index (χ0) is 14.7. The Morgan fingerprint density at radius 3 is 3.00 bits per heavy atom. The van der Waals surface area contributed by atoms with E-state index < -0.39 is 0 Å². The number of halogens is 1. The number of ether oxygens (including phenoxy) is 1. The van der Waals surface area contributed by atoms with Gasteiger partial charge in [0.15, 0.2) is 0 Å². The Hall–Kier alpha value is -1.85. The van der Waals surface area contributed by atoms with E-state index in [1.807, 2.05) is 30.3 Å². The average Bonchev–Trinajstić information content (AvgIpc) is 3.06. The summed E-state index contributed by atoms with van der Waals surface area (Å²) < 4.78 is 5.23. The zero-order valence-corrected chi connectivity index (χ0v) is 13.3. The van der Waals surface area contributed by atoms with Crippen LogP contribution in [0.1, 0.15) is 18.4 Å². The number of benzene rings is 1. The Balaban J connectivity index is 0.00000176. The number of nitrogens with one attached hydrogen (secondary N) is 2. The molecular weight excluding hydrogens is 302 g/mol. The predicted molar refractivity (Wildman–Crippen MR) is 88.4 cm³/mol. The number of pyridine rings is 1. The highest BCUT2D eigenvalue weighted by Gasteiger charge is 2.21. The first-order chi connectivity index (χ1) is 10.3. The molecule has 5 nitrogen and oxygen atoms in total. The minimum absolute atomic E-state index is 0. The van der Waals surface area contributed by atoms with Crippen LogP contribution in [0.15, 0.2) is 30.3 Å². The molecule has 1 unspecified atom stereocenters. The van der Waals surface area contributed by atoms with Gasteiger partial charge in [-0.1, -0.05) is 18.2 Å². The van der Waals surface area contributed by atoms with Gasteiger partial charge in [-0.15, -0.1) is 12.4 Å². The number of carbonyl (C=O) groups is 1. The van der Waals surface area contributed by atoms with Crippen LogP contribution in [0.2, 0.25) is 0 Å². The van der Waals surface area contributed by atoms with Crippen LogP contribution in [0.5, 0.6) is 5.88 Å². The summed E-state index contributed by atoms with van der Waals surface area (Å²) in [4.78, 5) is 16.5. The summed E-state index contributed by atoms with van der Waals surface area (Å²) >= 11 is 0. The number of hydrogen-bond donors (Lipinski definition) is 2. The van der Waals surface area contributed by atoms with Crippen LogP contribution in [-0.4, -0.2) is 30.6 Å². The highest BCUT2D eigenvalue weighted by Crippen LogP contribution is 2.21. The van der Waals surface area contributed by atoms with E-state index in [-0.39, 0.29) is 24.4 Å². The van der Waals surface area contributed by atoms with Crippen molar-refractivity contribution in [3.8, 4) is 5.88 Å². The van der Waals surface area contributed by atoms with Crippen molar-refractivity contribution in [2.24, 2.45) is 0 Å². The Morgan fingerprint density at radius 2 is 2.27 bits per heavy atom. The number of methoxy groups -OCH3 is 1. The summed E-state index contributed by atoms with van der Waals surface area (Å²) in [6.45, 7) is 1.40. The molecule has 2 heterocycles. The Labute approximate surface area is 135 Å². The molecule has 0 radical (unpaired) electrons. The van der Waals surface area contributed by atoms with E-state index in [2.05, 4.69) is 15.6 Å². The molecule has 3 rings (SSSR count). The van der Waals surface area contributed by atoms with Crippen LogP contribution in [0.4, 0.5) is 0 Å². The van der Waals surface area contributed by atoms with Gasteiger partial charge < -0.3 is 15.4 Å². The van der Waals surface area contributed by atoms with Crippen molar-refractivity contribution in [2.75, 3.05) is 13.7 Å². The SMILES string of the molecule is COc1cc(CNC(=O)C2CCCN2)c2ccccc2n1.Cl. The van der Waals surface area contributed by atoms with Crippen molar-refractivity contribution in [2.45, 2.75) is 25.4 Å². The van der Waals surface area contributed by atoms with Gasteiger partial charge in [-0.25, -0.2) is 4.98 Å². The summed E-state index contributed by atoms with van der Waals surface area (Å²) in [5.74, 6) is 0.629.